The van der Waals surface area contributed by atoms with Gasteiger partial charge in [0, 0.05) is 18.3 Å². The van der Waals surface area contributed by atoms with Gasteiger partial charge in [-0.25, -0.2) is 0 Å². The van der Waals surface area contributed by atoms with Gasteiger partial charge in [0.25, 0.3) is 0 Å². The van der Waals surface area contributed by atoms with E-state index in [-0.39, 0.29) is 0 Å². The highest BCUT2D eigenvalue weighted by atomic mass is 14.6. The van der Waals surface area contributed by atoms with Crippen LogP contribution in [0.1, 0.15) is 22.6 Å². The molecule has 0 bridgehead atoms. The fourth-order valence-corrected chi connectivity index (χ4v) is 2.17. The van der Waals surface area contributed by atoms with Crippen molar-refractivity contribution in [1.82, 2.24) is 4.98 Å². The molecule has 2 heteroatoms. The van der Waals surface area contributed by atoms with Crippen LogP contribution in [0.3, 0.4) is 0 Å². The van der Waals surface area contributed by atoms with E-state index >= 15 is 0 Å². The van der Waals surface area contributed by atoms with Gasteiger partial charge in [-0.05, 0) is 42.6 Å². The van der Waals surface area contributed by atoms with E-state index in [1.54, 1.807) is 6.20 Å². The molecule has 0 saturated carbocycles. The summed E-state index contributed by atoms with van der Waals surface area (Å²) < 4.78 is 0. The second kappa shape index (κ2) is 5.60. The maximum absolute atomic E-state index is 5.90. The predicted molar refractivity (Wildman–Crippen MR) is 70.9 cm³/mol. The van der Waals surface area contributed by atoms with Crippen molar-refractivity contribution in [3.05, 3.63) is 65.5 Å². The molecule has 88 valence electrons. The van der Waals surface area contributed by atoms with Crippen molar-refractivity contribution in [1.29, 1.82) is 0 Å². The van der Waals surface area contributed by atoms with Crippen molar-refractivity contribution in [3.63, 3.8) is 0 Å². The fourth-order valence-electron chi connectivity index (χ4n) is 2.17. The van der Waals surface area contributed by atoms with Gasteiger partial charge >= 0.3 is 0 Å². The van der Waals surface area contributed by atoms with E-state index in [1.807, 2.05) is 12.3 Å². The summed E-state index contributed by atoms with van der Waals surface area (Å²) in [7, 11) is 0. The Morgan fingerprint density at radius 3 is 2.65 bits per heavy atom. The van der Waals surface area contributed by atoms with E-state index in [0.29, 0.717) is 12.5 Å². The first-order chi connectivity index (χ1) is 8.31. The number of aromatic nitrogens is 1. The third kappa shape index (κ3) is 2.92. The Kier molecular flexibility index (Phi) is 3.89. The lowest BCUT2D eigenvalue weighted by molar-refractivity contribution is 0.688. The Labute approximate surface area is 103 Å². The van der Waals surface area contributed by atoms with Crippen molar-refractivity contribution in [2.45, 2.75) is 19.3 Å². The number of nitrogens with zero attached hydrogens (tertiary/aromatic N) is 1. The highest BCUT2D eigenvalue weighted by Gasteiger charge is 2.12. The van der Waals surface area contributed by atoms with Gasteiger partial charge < -0.3 is 5.73 Å². The van der Waals surface area contributed by atoms with Crippen LogP contribution in [0.15, 0.2) is 48.8 Å². The molecule has 0 spiro atoms. The molecule has 1 unspecified atom stereocenters. The standard InChI is InChI=1S/C15H18N2/c1-12-5-2-3-7-15(12)14(10-16)9-13-6-4-8-17-11-13/h2-8,11,14H,9-10,16H2,1H3. The highest BCUT2D eigenvalue weighted by molar-refractivity contribution is 5.31. The van der Waals surface area contributed by atoms with Gasteiger partial charge in [-0.2, -0.15) is 0 Å². The zero-order valence-corrected chi connectivity index (χ0v) is 10.1. The van der Waals surface area contributed by atoms with E-state index in [0.717, 1.165) is 6.42 Å². The summed E-state index contributed by atoms with van der Waals surface area (Å²) >= 11 is 0. The van der Waals surface area contributed by atoms with Crippen LogP contribution in [-0.2, 0) is 6.42 Å². The topological polar surface area (TPSA) is 38.9 Å². The first kappa shape index (κ1) is 11.8. The maximum Gasteiger partial charge on any atom is 0.0300 e. The van der Waals surface area contributed by atoms with Crippen LogP contribution in [0.25, 0.3) is 0 Å². The van der Waals surface area contributed by atoms with Gasteiger partial charge in [-0.3, -0.25) is 4.98 Å². The Hall–Kier alpha value is -1.67. The molecule has 1 heterocycles. The van der Waals surface area contributed by atoms with Crippen molar-refractivity contribution in [2.24, 2.45) is 5.73 Å². The van der Waals surface area contributed by atoms with Crippen LogP contribution in [0.4, 0.5) is 0 Å². The molecule has 2 aromatic rings. The van der Waals surface area contributed by atoms with Gasteiger partial charge in [0.2, 0.25) is 0 Å². The number of hydrogen-bond acceptors (Lipinski definition) is 2. The summed E-state index contributed by atoms with van der Waals surface area (Å²) in [6, 6.07) is 12.5. The van der Waals surface area contributed by atoms with E-state index in [2.05, 4.69) is 42.2 Å². The third-order valence-corrected chi connectivity index (χ3v) is 3.12. The summed E-state index contributed by atoms with van der Waals surface area (Å²) in [4.78, 5) is 4.15. The summed E-state index contributed by atoms with van der Waals surface area (Å²) in [5, 5.41) is 0. The smallest absolute Gasteiger partial charge is 0.0300 e. The third-order valence-electron chi connectivity index (χ3n) is 3.12. The lowest BCUT2D eigenvalue weighted by Crippen LogP contribution is -2.16. The Balaban J connectivity index is 2.21. The molecule has 2 rings (SSSR count). The van der Waals surface area contributed by atoms with Gasteiger partial charge in [-0.1, -0.05) is 30.3 Å². The average Bonchev–Trinajstić information content (AvgIpc) is 2.38. The molecule has 0 amide bonds. The van der Waals surface area contributed by atoms with Gasteiger partial charge in [0.1, 0.15) is 0 Å². The molecule has 1 aromatic heterocycles. The lowest BCUT2D eigenvalue weighted by Gasteiger charge is -2.17. The Morgan fingerprint density at radius 2 is 2.00 bits per heavy atom. The number of pyridine rings is 1. The maximum atomic E-state index is 5.90. The number of rotatable bonds is 4. The minimum atomic E-state index is 0.375. The van der Waals surface area contributed by atoms with Gasteiger partial charge in [0.05, 0.1) is 0 Å². The molecule has 2 nitrogen and oxygen atoms in total. The minimum absolute atomic E-state index is 0.375. The first-order valence-electron chi connectivity index (χ1n) is 5.95. The molecule has 0 aliphatic heterocycles. The average molecular weight is 226 g/mol. The lowest BCUT2D eigenvalue weighted by atomic mass is 9.90. The molecule has 0 aliphatic rings. The van der Waals surface area contributed by atoms with Crippen LogP contribution in [0.5, 0.6) is 0 Å². The second-order valence-corrected chi connectivity index (χ2v) is 4.35. The van der Waals surface area contributed by atoms with Gasteiger partial charge in [-0.15, -0.1) is 0 Å². The highest BCUT2D eigenvalue weighted by Crippen LogP contribution is 2.22. The van der Waals surface area contributed by atoms with E-state index in [4.69, 9.17) is 5.73 Å². The van der Waals surface area contributed by atoms with Crippen molar-refractivity contribution < 1.29 is 0 Å². The molecular formula is C15H18N2. The molecule has 0 fully saturated rings. The summed E-state index contributed by atoms with van der Waals surface area (Å²) in [6.45, 7) is 2.81. The first-order valence-corrected chi connectivity index (χ1v) is 5.95. The number of nitrogens with two attached hydrogens (primary N) is 1. The quantitative estimate of drug-likeness (QED) is 0.870. The van der Waals surface area contributed by atoms with Crippen molar-refractivity contribution >= 4 is 0 Å². The monoisotopic (exact) mass is 226 g/mol. The molecule has 0 aliphatic carbocycles. The van der Waals surface area contributed by atoms with Crippen LogP contribution in [0.2, 0.25) is 0 Å². The number of benzene rings is 1. The second-order valence-electron chi connectivity index (χ2n) is 4.35. The van der Waals surface area contributed by atoms with Gasteiger partial charge in [0.15, 0.2) is 0 Å². The van der Waals surface area contributed by atoms with Crippen molar-refractivity contribution in [3.8, 4) is 0 Å². The van der Waals surface area contributed by atoms with Crippen LogP contribution >= 0.6 is 0 Å². The zero-order valence-electron chi connectivity index (χ0n) is 10.1. The Bertz CT molecular complexity index is 465. The number of hydrogen-bond donors (Lipinski definition) is 1. The normalized spacial score (nSPS) is 12.4. The van der Waals surface area contributed by atoms with E-state index < -0.39 is 0 Å². The minimum Gasteiger partial charge on any atom is -0.330 e. The molecule has 1 atom stereocenters. The fraction of sp³-hybridized carbons (Fsp3) is 0.267. The van der Waals surface area contributed by atoms with Crippen LogP contribution in [0, 0.1) is 6.92 Å². The Morgan fingerprint density at radius 1 is 1.18 bits per heavy atom. The van der Waals surface area contributed by atoms with Crippen molar-refractivity contribution in [2.75, 3.05) is 6.54 Å². The summed E-state index contributed by atoms with van der Waals surface area (Å²) in [5.41, 5.74) is 9.80. The summed E-state index contributed by atoms with van der Waals surface area (Å²) in [5.74, 6) is 0.375. The van der Waals surface area contributed by atoms with E-state index in [1.165, 1.54) is 16.7 Å². The molecule has 1 aromatic carbocycles. The molecule has 0 radical (unpaired) electrons. The largest absolute Gasteiger partial charge is 0.330 e. The predicted octanol–water partition coefficient (Wildman–Crippen LogP) is 2.68. The molecule has 2 N–H and O–H groups in total. The molecular weight excluding hydrogens is 208 g/mol. The molecule has 17 heavy (non-hydrogen) atoms. The van der Waals surface area contributed by atoms with Crippen LogP contribution in [-0.4, -0.2) is 11.5 Å². The van der Waals surface area contributed by atoms with Crippen LogP contribution < -0.4 is 5.73 Å². The summed E-state index contributed by atoms with van der Waals surface area (Å²) in [6.07, 6.45) is 4.67. The molecule has 0 saturated heterocycles. The van der Waals surface area contributed by atoms with E-state index in [9.17, 15) is 0 Å². The zero-order chi connectivity index (χ0) is 12.1. The number of aryl methyl sites for hydroxylation is 1. The SMILES string of the molecule is Cc1ccccc1C(CN)Cc1cccnc1.